The lowest BCUT2D eigenvalue weighted by molar-refractivity contribution is 0.251. The molecule has 2 aromatic rings. The highest BCUT2D eigenvalue weighted by atomic mass is 35.5. The summed E-state index contributed by atoms with van der Waals surface area (Å²) in [4.78, 5) is 11.8. The first-order valence-corrected chi connectivity index (χ1v) is 6.93. The Balaban J connectivity index is 1.93. The number of anilines is 1. The van der Waals surface area contributed by atoms with E-state index in [4.69, 9.17) is 22.0 Å². The summed E-state index contributed by atoms with van der Waals surface area (Å²) in [5.41, 5.74) is 2.54. The zero-order valence-electron chi connectivity index (χ0n) is 11.6. The third kappa shape index (κ3) is 4.22. The average Bonchev–Trinajstić information content (AvgIpc) is 2.53. The summed E-state index contributed by atoms with van der Waals surface area (Å²) >= 11 is 5.90. The van der Waals surface area contributed by atoms with Crippen molar-refractivity contribution in [2.75, 3.05) is 5.32 Å². The number of urea groups is 1. The minimum absolute atomic E-state index is 0.0379. The van der Waals surface area contributed by atoms with Crippen molar-refractivity contribution in [2.24, 2.45) is 0 Å². The molecule has 0 saturated heterocycles. The lowest BCUT2D eigenvalue weighted by Gasteiger charge is -2.09. The van der Waals surface area contributed by atoms with E-state index in [1.165, 1.54) is 6.07 Å². The van der Waals surface area contributed by atoms with Crippen molar-refractivity contribution < 1.29 is 9.90 Å². The molecule has 5 nitrogen and oxygen atoms in total. The normalized spacial score (nSPS) is 9.86. The van der Waals surface area contributed by atoms with Crippen LogP contribution in [-0.2, 0) is 13.2 Å². The van der Waals surface area contributed by atoms with Gasteiger partial charge < -0.3 is 15.7 Å². The van der Waals surface area contributed by atoms with Crippen molar-refractivity contribution in [1.82, 2.24) is 5.32 Å². The number of amides is 2. The minimum Gasteiger partial charge on any atom is -0.392 e. The molecule has 0 atom stereocenters. The number of rotatable bonds is 4. The van der Waals surface area contributed by atoms with Gasteiger partial charge in [0.15, 0.2) is 0 Å². The molecule has 0 aliphatic heterocycles. The highest BCUT2D eigenvalue weighted by Crippen LogP contribution is 2.20. The quantitative estimate of drug-likeness (QED) is 0.810. The van der Waals surface area contributed by atoms with Gasteiger partial charge in [0.05, 0.1) is 17.2 Å². The molecule has 0 heterocycles. The van der Waals surface area contributed by atoms with Crippen LogP contribution in [0, 0.1) is 11.3 Å². The molecule has 22 heavy (non-hydrogen) atoms. The summed E-state index contributed by atoms with van der Waals surface area (Å²) in [5.74, 6) is 0. The van der Waals surface area contributed by atoms with Crippen molar-refractivity contribution in [3.8, 4) is 6.07 Å². The van der Waals surface area contributed by atoms with Crippen LogP contribution in [0.5, 0.6) is 0 Å². The van der Waals surface area contributed by atoms with Crippen LogP contribution in [0.3, 0.4) is 0 Å². The standard InChI is InChI=1S/C16H14ClN3O2/c17-15-7-14(5-4-13(15)8-18)20-16(22)19-9-11-2-1-3-12(6-11)10-21/h1-7,21H,9-10H2,(H2,19,20,22). The third-order valence-electron chi connectivity index (χ3n) is 2.97. The summed E-state index contributed by atoms with van der Waals surface area (Å²) in [5, 5.41) is 23.5. The zero-order chi connectivity index (χ0) is 15.9. The van der Waals surface area contributed by atoms with Gasteiger partial charge in [0, 0.05) is 12.2 Å². The first-order chi connectivity index (χ1) is 10.6. The van der Waals surface area contributed by atoms with E-state index in [1.807, 2.05) is 30.3 Å². The molecule has 0 radical (unpaired) electrons. The fourth-order valence-corrected chi connectivity index (χ4v) is 2.10. The molecular formula is C16H14ClN3O2. The molecule has 0 saturated carbocycles. The summed E-state index contributed by atoms with van der Waals surface area (Å²) < 4.78 is 0. The van der Waals surface area contributed by atoms with Crippen LogP contribution in [-0.4, -0.2) is 11.1 Å². The van der Waals surface area contributed by atoms with Gasteiger partial charge in [-0.3, -0.25) is 0 Å². The predicted molar refractivity (Wildman–Crippen MR) is 84.4 cm³/mol. The van der Waals surface area contributed by atoms with Crippen molar-refractivity contribution >= 4 is 23.3 Å². The summed E-state index contributed by atoms with van der Waals surface area (Å²) in [7, 11) is 0. The largest absolute Gasteiger partial charge is 0.392 e. The molecule has 2 aromatic carbocycles. The number of halogens is 1. The first kappa shape index (κ1) is 15.8. The fraction of sp³-hybridized carbons (Fsp3) is 0.125. The van der Waals surface area contributed by atoms with Crippen LogP contribution in [0.15, 0.2) is 42.5 Å². The van der Waals surface area contributed by atoms with Gasteiger partial charge in [-0.1, -0.05) is 35.9 Å². The molecule has 3 N–H and O–H groups in total. The smallest absolute Gasteiger partial charge is 0.319 e. The van der Waals surface area contributed by atoms with Gasteiger partial charge in [0.25, 0.3) is 0 Å². The molecule has 0 aliphatic rings. The second-order valence-corrected chi connectivity index (χ2v) is 5.00. The van der Waals surface area contributed by atoms with E-state index in [0.29, 0.717) is 17.8 Å². The number of aliphatic hydroxyl groups excluding tert-OH is 1. The van der Waals surface area contributed by atoms with Crippen molar-refractivity contribution in [2.45, 2.75) is 13.2 Å². The van der Waals surface area contributed by atoms with Crippen molar-refractivity contribution in [1.29, 1.82) is 5.26 Å². The topological polar surface area (TPSA) is 85.2 Å². The Morgan fingerprint density at radius 2 is 2.00 bits per heavy atom. The fourth-order valence-electron chi connectivity index (χ4n) is 1.88. The Morgan fingerprint density at radius 1 is 1.23 bits per heavy atom. The maximum Gasteiger partial charge on any atom is 0.319 e. The van der Waals surface area contributed by atoms with Gasteiger partial charge in [-0.05, 0) is 29.3 Å². The highest BCUT2D eigenvalue weighted by Gasteiger charge is 2.05. The third-order valence-corrected chi connectivity index (χ3v) is 3.29. The Morgan fingerprint density at radius 3 is 2.68 bits per heavy atom. The van der Waals surface area contributed by atoms with Crippen molar-refractivity contribution in [3.63, 3.8) is 0 Å². The molecule has 2 amide bonds. The lowest BCUT2D eigenvalue weighted by atomic mass is 10.1. The molecular weight excluding hydrogens is 302 g/mol. The number of hydrogen-bond acceptors (Lipinski definition) is 3. The molecule has 0 aliphatic carbocycles. The van der Waals surface area contributed by atoms with E-state index in [0.717, 1.165) is 11.1 Å². The second kappa shape index (κ2) is 7.46. The van der Waals surface area contributed by atoms with E-state index in [9.17, 15) is 4.79 Å². The maximum absolute atomic E-state index is 11.8. The van der Waals surface area contributed by atoms with Gasteiger partial charge in [-0.25, -0.2) is 4.79 Å². The van der Waals surface area contributed by atoms with Crippen LogP contribution in [0.25, 0.3) is 0 Å². The van der Waals surface area contributed by atoms with Crippen LogP contribution in [0.1, 0.15) is 16.7 Å². The Hall–Kier alpha value is -2.55. The molecule has 2 rings (SSSR count). The molecule has 6 heteroatoms. The molecule has 112 valence electrons. The Kier molecular flexibility index (Phi) is 5.37. The number of carbonyl (C=O) groups is 1. The summed E-state index contributed by atoms with van der Waals surface area (Å²) in [6.45, 7) is 0.299. The molecule has 0 unspecified atom stereocenters. The SMILES string of the molecule is N#Cc1ccc(NC(=O)NCc2cccc(CO)c2)cc1Cl. The Labute approximate surface area is 133 Å². The van der Waals surface area contributed by atoms with Crippen LogP contribution in [0.4, 0.5) is 10.5 Å². The number of aliphatic hydroxyl groups is 1. The van der Waals surface area contributed by atoms with E-state index < -0.39 is 0 Å². The van der Waals surface area contributed by atoms with Gasteiger partial charge in [0.2, 0.25) is 0 Å². The number of nitriles is 1. The number of nitrogens with one attached hydrogen (secondary N) is 2. The van der Waals surface area contributed by atoms with E-state index in [2.05, 4.69) is 10.6 Å². The van der Waals surface area contributed by atoms with Gasteiger partial charge in [-0.2, -0.15) is 5.26 Å². The van der Waals surface area contributed by atoms with Crippen LogP contribution in [0.2, 0.25) is 5.02 Å². The number of nitrogens with zero attached hydrogens (tertiary/aromatic N) is 1. The lowest BCUT2D eigenvalue weighted by Crippen LogP contribution is -2.28. The molecule has 0 aromatic heterocycles. The van der Waals surface area contributed by atoms with Gasteiger partial charge >= 0.3 is 6.03 Å². The number of carbonyl (C=O) groups excluding carboxylic acids is 1. The van der Waals surface area contributed by atoms with Crippen LogP contribution >= 0.6 is 11.6 Å². The van der Waals surface area contributed by atoms with E-state index in [1.54, 1.807) is 12.1 Å². The van der Waals surface area contributed by atoms with Crippen molar-refractivity contribution in [3.05, 3.63) is 64.2 Å². The Bertz CT molecular complexity index is 726. The minimum atomic E-state index is -0.379. The number of benzene rings is 2. The van der Waals surface area contributed by atoms with E-state index >= 15 is 0 Å². The maximum atomic E-state index is 11.8. The first-order valence-electron chi connectivity index (χ1n) is 6.55. The van der Waals surface area contributed by atoms with Gasteiger partial charge in [-0.15, -0.1) is 0 Å². The highest BCUT2D eigenvalue weighted by molar-refractivity contribution is 6.32. The molecule has 0 spiro atoms. The van der Waals surface area contributed by atoms with E-state index in [-0.39, 0.29) is 17.7 Å². The van der Waals surface area contributed by atoms with Gasteiger partial charge in [0.1, 0.15) is 6.07 Å². The number of hydrogen-bond donors (Lipinski definition) is 3. The zero-order valence-corrected chi connectivity index (χ0v) is 12.4. The average molecular weight is 316 g/mol. The molecule has 0 bridgehead atoms. The van der Waals surface area contributed by atoms with Crippen LogP contribution < -0.4 is 10.6 Å². The summed E-state index contributed by atoms with van der Waals surface area (Å²) in [6, 6.07) is 13.6. The monoisotopic (exact) mass is 315 g/mol. The molecule has 0 fully saturated rings. The predicted octanol–water partition coefficient (Wildman–Crippen LogP) is 3.03. The summed E-state index contributed by atoms with van der Waals surface area (Å²) in [6.07, 6.45) is 0. The second-order valence-electron chi connectivity index (χ2n) is 4.59.